The topological polar surface area (TPSA) is 64.4 Å². The third-order valence-electron chi connectivity index (χ3n) is 3.79. The first kappa shape index (κ1) is 19.6. The number of hydrogen-bond acceptors (Lipinski definition) is 3. The molecule has 0 heterocycles. The molecule has 1 aliphatic carbocycles. The molecule has 0 spiro atoms. The van der Waals surface area contributed by atoms with Crippen molar-refractivity contribution < 1.29 is 22.7 Å². The fourth-order valence-corrected chi connectivity index (χ4v) is 2.56. The Bertz CT molecular complexity index is 532. The summed E-state index contributed by atoms with van der Waals surface area (Å²) in [7, 11) is 0. The molecule has 3 N–H and O–H groups in total. The lowest BCUT2D eigenvalue weighted by Gasteiger charge is -2.22. The fourth-order valence-electron chi connectivity index (χ4n) is 2.56. The average Bonchev–Trinajstić information content (AvgIpc) is 2.91. The van der Waals surface area contributed by atoms with Crippen molar-refractivity contribution in [2.45, 2.75) is 37.4 Å². The van der Waals surface area contributed by atoms with Gasteiger partial charge in [-0.05, 0) is 25.0 Å². The molecule has 0 saturated heterocycles. The predicted molar refractivity (Wildman–Crippen MR) is 82.6 cm³/mol. The zero-order chi connectivity index (χ0) is 16.2. The van der Waals surface area contributed by atoms with Crippen LogP contribution < -0.4 is 15.8 Å². The van der Waals surface area contributed by atoms with Crippen LogP contribution in [0.3, 0.4) is 0 Å². The third-order valence-corrected chi connectivity index (χ3v) is 3.79. The summed E-state index contributed by atoms with van der Waals surface area (Å²) >= 11 is 0. The Hall–Kier alpha value is -1.47. The summed E-state index contributed by atoms with van der Waals surface area (Å²) in [4.78, 5) is 11.9. The average molecular weight is 353 g/mol. The van der Waals surface area contributed by atoms with Gasteiger partial charge >= 0.3 is 6.18 Å². The van der Waals surface area contributed by atoms with E-state index in [4.69, 9.17) is 10.5 Å². The van der Waals surface area contributed by atoms with Gasteiger partial charge < -0.3 is 15.8 Å². The van der Waals surface area contributed by atoms with Gasteiger partial charge in [-0.2, -0.15) is 13.2 Å². The molecule has 23 heavy (non-hydrogen) atoms. The van der Waals surface area contributed by atoms with Gasteiger partial charge in [-0.25, -0.2) is 0 Å². The van der Waals surface area contributed by atoms with Crippen LogP contribution in [0.2, 0.25) is 0 Å². The smallest absolute Gasteiger partial charge is 0.419 e. The number of halogens is 4. The molecule has 0 unspecified atom stereocenters. The number of alkyl halides is 3. The van der Waals surface area contributed by atoms with Gasteiger partial charge in [-0.1, -0.05) is 25.0 Å². The molecular weight excluding hydrogens is 333 g/mol. The Labute approximate surface area is 139 Å². The highest BCUT2D eigenvalue weighted by atomic mass is 35.5. The Morgan fingerprint density at radius 2 is 1.87 bits per heavy atom. The molecule has 0 bridgehead atoms. The molecule has 1 saturated carbocycles. The van der Waals surface area contributed by atoms with Gasteiger partial charge in [0.25, 0.3) is 0 Å². The maximum Gasteiger partial charge on any atom is 0.419 e. The van der Waals surface area contributed by atoms with Crippen molar-refractivity contribution in [3.05, 3.63) is 29.8 Å². The first-order valence-corrected chi connectivity index (χ1v) is 7.19. The van der Waals surface area contributed by atoms with Crippen molar-refractivity contribution in [2.75, 3.05) is 13.2 Å². The van der Waals surface area contributed by atoms with Crippen molar-refractivity contribution in [3.63, 3.8) is 0 Å². The summed E-state index contributed by atoms with van der Waals surface area (Å²) in [6, 6.07) is 4.99. The number of benzene rings is 1. The molecular formula is C15H20ClF3N2O2. The zero-order valence-corrected chi connectivity index (χ0v) is 13.3. The van der Waals surface area contributed by atoms with Crippen LogP contribution in [-0.4, -0.2) is 24.6 Å². The molecule has 1 aliphatic rings. The highest BCUT2D eigenvalue weighted by Crippen LogP contribution is 2.35. The van der Waals surface area contributed by atoms with Crippen molar-refractivity contribution in [2.24, 2.45) is 5.73 Å². The van der Waals surface area contributed by atoms with Crippen molar-refractivity contribution >= 4 is 18.3 Å². The number of para-hydroxylation sites is 1. The summed E-state index contributed by atoms with van der Waals surface area (Å²) in [5.74, 6) is -0.509. The van der Waals surface area contributed by atoms with Crippen LogP contribution in [-0.2, 0) is 11.0 Å². The quantitative estimate of drug-likeness (QED) is 0.801. The van der Waals surface area contributed by atoms with Crippen molar-refractivity contribution in [3.8, 4) is 5.75 Å². The largest absolute Gasteiger partial charge is 0.491 e. The van der Waals surface area contributed by atoms with Gasteiger partial charge in [0.1, 0.15) is 12.4 Å². The van der Waals surface area contributed by atoms with Gasteiger partial charge in [0.15, 0.2) is 0 Å². The SMILES string of the molecule is Cl.NC1(C(=O)NCCOc2ccccc2C(F)(F)F)CCCC1. The monoisotopic (exact) mass is 352 g/mol. The van der Waals surface area contributed by atoms with E-state index in [2.05, 4.69) is 5.32 Å². The zero-order valence-electron chi connectivity index (χ0n) is 12.5. The van der Waals surface area contributed by atoms with Crippen LogP contribution >= 0.6 is 12.4 Å². The summed E-state index contributed by atoms with van der Waals surface area (Å²) in [5.41, 5.74) is 4.31. The second-order valence-corrected chi connectivity index (χ2v) is 5.46. The van der Waals surface area contributed by atoms with Gasteiger partial charge in [-0.3, -0.25) is 4.79 Å². The molecule has 1 aromatic rings. The summed E-state index contributed by atoms with van der Waals surface area (Å²) < 4.78 is 43.5. The lowest BCUT2D eigenvalue weighted by molar-refractivity contribution is -0.139. The lowest BCUT2D eigenvalue weighted by Crippen LogP contribution is -2.52. The van der Waals surface area contributed by atoms with Gasteiger partial charge in [0.2, 0.25) is 5.91 Å². The van der Waals surface area contributed by atoms with Crippen LogP contribution in [0.4, 0.5) is 13.2 Å². The molecule has 1 fully saturated rings. The number of ether oxygens (including phenoxy) is 1. The first-order chi connectivity index (χ1) is 10.3. The fraction of sp³-hybridized carbons (Fsp3) is 0.533. The third kappa shape index (κ3) is 5.00. The Kier molecular flexibility index (Phi) is 6.70. The number of amides is 1. The maximum absolute atomic E-state index is 12.8. The molecule has 4 nitrogen and oxygen atoms in total. The second-order valence-electron chi connectivity index (χ2n) is 5.46. The van der Waals surface area contributed by atoms with Crippen LogP contribution in [0.25, 0.3) is 0 Å². The van der Waals surface area contributed by atoms with E-state index in [1.165, 1.54) is 18.2 Å². The minimum atomic E-state index is -4.47. The summed E-state index contributed by atoms with van der Waals surface area (Å²) in [6.45, 7) is 0.0683. The maximum atomic E-state index is 12.8. The minimum absolute atomic E-state index is 0. The van der Waals surface area contributed by atoms with Gasteiger partial charge in [0, 0.05) is 0 Å². The van der Waals surface area contributed by atoms with Crippen LogP contribution in [0, 0.1) is 0 Å². The lowest BCUT2D eigenvalue weighted by atomic mass is 9.98. The Morgan fingerprint density at radius 1 is 1.26 bits per heavy atom. The van der Waals surface area contributed by atoms with Crippen LogP contribution in [0.15, 0.2) is 24.3 Å². The molecule has 0 atom stereocenters. The van der Waals surface area contributed by atoms with Crippen molar-refractivity contribution in [1.82, 2.24) is 5.32 Å². The van der Waals surface area contributed by atoms with E-state index in [1.54, 1.807) is 0 Å². The number of carbonyl (C=O) groups is 1. The minimum Gasteiger partial charge on any atom is -0.491 e. The van der Waals surface area contributed by atoms with E-state index in [1.807, 2.05) is 0 Å². The molecule has 2 rings (SSSR count). The van der Waals surface area contributed by atoms with Gasteiger partial charge in [0.05, 0.1) is 17.6 Å². The number of carbonyl (C=O) groups excluding carboxylic acids is 1. The number of rotatable bonds is 5. The number of nitrogens with one attached hydrogen (secondary N) is 1. The molecule has 0 aromatic heterocycles. The molecule has 0 radical (unpaired) electrons. The number of nitrogens with two attached hydrogens (primary N) is 1. The highest BCUT2D eigenvalue weighted by Gasteiger charge is 2.37. The first-order valence-electron chi connectivity index (χ1n) is 7.19. The van der Waals surface area contributed by atoms with E-state index in [0.717, 1.165) is 18.9 Å². The number of hydrogen-bond donors (Lipinski definition) is 2. The van der Waals surface area contributed by atoms with E-state index in [-0.39, 0.29) is 37.2 Å². The van der Waals surface area contributed by atoms with E-state index < -0.39 is 17.3 Å². The van der Waals surface area contributed by atoms with E-state index in [0.29, 0.717) is 12.8 Å². The van der Waals surface area contributed by atoms with Crippen LogP contribution in [0.1, 0.15) is 31.2 Å². The molecule has 130 valence electrons. The Morgan fingerprint density at radius 3 is 2.48 bits per heavy atom. The molecule has 1 amide bonds. The molecule has 0 aliphatic heterocycles. The highest BCUT2D eigenvalue weighted by molar-refractivity contribution is 5.86. The van der Waals surface area contributed by atoms with Crippen LogP contribution in [0.5, 0.6) is 5.75 Å². The predicted octanol–water partition coefficient (Wildman–Crippen LogP) is 2.89. The van der Waals surface area contributed by atoms with E-state index >= 15 is 0 Å². The summed E-state index contributed by atoms with van der Waals surface area (Å²) in [6.07, 6.45) is -1.36. The second kappa shape index (κ2) is 7.88. The molecule has 1 aromatic carbocycles. The van der Waals surface area contributed by atoms with E-state index in [9.17, 15) is 18.0 Å². The standard InChI is InChI=1S/C15H19F3N2O2.ClH/c16-15(17,18)11-5-1-2-6-12(11)22-10-9-20-13(21)14(19)7-3-4-8-14;/h1-2,5-6H,3-4,7-10,19H2,(H,20,21);1H. The Balaban J connectivity index is 0.00000264. The van der Waals surface area contributed by atoms with Gasteiger partial charge in [-0.15, -0.1) is 12.4 Å². The summed E-state index contributed by atoms with van der Waals surface area (Å²) in [5, 5.41) is 2.62. The normalized spacial score (nSPS) is 16.5. The molecule has 8 heteroatoms. The van der Waals surface area contributed by atoms with Crippen molar-refractivity contribution in [1.29, 1.82) is 0 Å².